The summed E-state index contributed by atoms with van der Waals surface area (Å²) < 4.78 is 10.8. The lowest BCUT2D eigenvalue weighted by Gasteiger charge is -2.18. The maximum Gasteiger partial charge on any atom is 0.317 e. The Morgan fingerprint density at radius 3 is 1.24 bits per heavy atom. The van der Waals surface area contributed by atoms with Crippen molar-refractivity contribution in [2.45, 2.75) is 124 Å². The lowest BCUT2D eigenvalue weighted by atomic mass is 9.96. The van der Waals surface area contributed by atoms with Crippen LogP contribution in [0.2, 0.25) is 0 Å². The molecule has 0 aromatic carbocycles. The van der Waals surface area contributed by atoms with Crippen LogP contribution in [0.15, 0.2) is 0 Å². The highest BCUT2D eigenvalue weighted by Crippen LogP contribution is 2.19. The first-order valence-electron chi connectivity index (χ1n) is 12.4. The Morgan fingerprint density at radius 2 is 0.897 bits per heavy atom. The standard InChI is InChI=1S/C25H48O4/c1-5-9-13-17-22(15-11-7-3)20-28-24(26)19-25(27)29-21-23(16-12-8-4)18-14-10-6-2/h22-23H,5-21H2,1-4H3. The normalized spacial score (nSPS) is 13.1. The molecular weight excluding hydrogens is 364 g/mol. The van der Waals surface area contributed by atoms with Crippen molar-refractivity contribution in [1.82, 2.24) is 0 Å². The Balaban J connectivity index is 4.21. The molecule has 0 N–H and O–H groups in total. The third-order valence-electron chi connectivity index (χ3n) is 5.61. The van der Waals surface area contributed by atoms with Crippen molar-refractivity contribution < 1.29 is 19.1 Å². The van der Waals surface area contributed by atoms with Crippen LogP contribution in [-0.4, -0.2) is 25.2 Å². The van der Waals surface area contributed by atoms with Gasteiger partial charge in [-0.25, -0.2) is 0 Å². The number of hydrogen-bond donors (Lipinski definition) is 0. The molecule has 0 aliphatic heterocycles. The molecule has 0 fully saturated rings. The molecule has 0 bridgehead atoms. The van der Waals surface area contributed by atoms with Crippen molar-refractivity contribution in [2.75, 3.05) is 13.2 Å². The average molecular weight is 413 g/mol. The molecule has 0 aromatic rings. The highest BCUT2D eigenvalue weighted by molar-refractivity contribution is 5.91. The van der Waals surface area contributed by atoms with E-state index in [2.05, 4.69) is 27.7 Å². The molecule has 0 aliphatic carbocycles. The lowest BCUT2D eigenvalue weighted by Crippen LogP contribution is -2.20. The summed E-state index contributed by atoms with van der Waals surface area (Å²) in [4.78, 5) is 24.1. The molecule has 0 aromatic heterocycles. The van der Waals surface area contributed by atoms with E-state index in [9.17, 15) is 9.59 Å². The highest BCUT2D eigenvalue weighted by Gasteiger charge is 2.17. The molecule has 4 heteroatoms. The molecule has 2 unspecified atom stereocenters. The zero-order chi connectivity index (χ0) is 21.7. The van der Waals surface area contributed by atoms with Crippen molar-refractivity contribution in [3.05, 3.63) is 0 Å². The number of unbranched alkanes of at least 4 members (excludes halogenated alkanes) is 6. The number of rotatable bonds is 20. The van der Waals surface area contributed by atoms with Gasteiger partial charge in [0.05, 0.1) is 13.2 Å². The zero-order valence-electron chi connectivity index (χ0n) is 19.8. The van der Waals surface area contributed by atoms with E-state index in [0.29, 0.717) is 25.0 Å². The van der Waals surface area contributed by atoms with Gasteiger partial charge in [-0.3, -0.25) is 9.59 Å². The zero-order valence-corrected chi connectivity index (χ0v) is 19.8. The minimum atomic E-state index is -0.442. The van der Waals surface area contributed by atoms with Crippen LogP contribution in [0.25, 0.3) is 0 Å². The van der Waals surface area contributed by atoms with E-state index < -0.39 is 11.9 Å². The van der Waals surface area contributed by atoms with Crippen LogP contribution < -0.4 is 0 Å². The number of ether oxygens (including phenoxy) is 2. The smallest absolute Gasteiger partial charge is 0.317 e. The van der Waals surface area contributed by atoms with Gasteiger partial charge < -0.3 is 9.47 Å². The summed E-state index contributed by atoms with van der Waals surface area (Å²) in [6.45, 7) is 9.63. The predicted molar refractivity (Wildman–Crippen MR) is 121 cm³/mol. The average Bonchev–Trinajstić information content (AvgIpc) is 2.71. The van der Waals surface area contributed by atoms with E-state index in [-0.39, 0.29) is 6.42 Å². The molecule has 0 radical (unpaired) electrons. The third-order valence-corrected chi connectivity index (χ3v) is 5.61. The molecule has 0 amide bonds. The Hall–Kier alpha value is -1.06. The van der Waals surface area contributed by atoms with E-state index in [4.69, 9.17) is 9.47 Å². The molecular formula is C25H48O4. The molecule has 0 heterocycles. The molecule has 2 atom stereocenters. The summed E-state index contributed by atoms with van der Waals surface area (Å²) >= 11 is 0. The fourth-order valence-corrected chi connectivity index (χ4v) is 3.62. The Bertz CT molecular complexity index is 358. The monoisotopic (exact) mass is 412 g/mol. The minimum absolute atomic E-state index is 0.259. The van der Waals surface area contributed by atoms with E-state index in [1.54, 1.807) is 0 Å². The number of esters is 2. The van der Waals surface area contributed by atoms with Crippen LogP contribution in [0.5, 0.6) is 0 Å². The molecule has 0 rings (SSSR count). The van der Waals surface area contributed by atoms with Gasteiger partial charge in [0.25, 0.3) is 0 Å². The van der Waals surface area contributed by atoms with Crippen LogP contribution in [0.1, 0.15) is 124 Å². The second-order valence-electron chi connectivity index (χ2n) is 8.55. The van der Waals surface area contributed by atoms with Crippen molar-refractivity contribution in [3.8, 4) is 0 Å². The summed E-state index contributed by atoms with van der Waals surface area (Å²) in [6, 6.07) is 0. The largest absolute Gasteiger partial charge is 0.465 e. The molecule has 4 nitrogen and oxygen atoms in total. The summed E-state index contributed by atoms with van der Waals surface area (Å²) in [6.07, 6.45) is 16.0. The maximum absolute atomic E-state index is 12.1. The molecule has 0 spiro atoms. The van der Waals surface area contributed by atoms with Gasteiger partial charge in [0, 0.05) is 0 Å². The van der Waals surface area contributed by atoms with Gasteiger partial charge >= 0.3 is 11.9 Å². The van der Waals surface area contributed by atoms with Crippen LogP contribution in [0.4, 0.5) is 0 Å². The van der Waals surface area contributed by atoms with E-state index in [0.717, 1.165) is 51.4 Å². The van der Waals surface area contributed by atoms with Crippen molar-refractivity contribution in [3.63, 3.8) is 0 Å². The fourth-order valence-electron chi connectivity index (χ4n) is 3.62. The van der Waals surface area contributed by atoms with Crippen molar-refractivity contribution in [2.24, 2.45) is 11.8 Å². The SMILES string of the molecule is CCCCCC(CCCC)COC(=O)CC(=O)OCC(CCCC)CCCCC. The van der Waals surface area contributed by atoms with Crippen LogP contribution in [-0.2, 0) is 19.1 Å². The van der Waals surface area contributed by atoms with Gasteiger partial charge in [-0.05, 0) is 37.5 Å². The van der Waals surface area contributed by atoms with Crippen LogP contribution >= 0.6 is 0 Å². The topological polar surface area (TPSA) is 52.6 Å². The third kappa shape index (κ3) is 17.5. The van der Waals surface area contributed by atoms with Gasteiger partial charge in [-0.2, -0.15) is 0 Å². The Morgan fingerprint density at radius 1 is 0.552 bits per heavy atom. The number of hydrogen-bond acceptors (Lipinski definition) is 4. The molecule has 0 saturated heterocycles. The second-order valence-corrected chi connectivity index (χ2v) is 8.55. The number of carbonyl (C=O) groups is 2. The first-order chi connectivity index (χ1) is 14.1. The number of carbonyl (C=O) groups excluding carboxylic acids is 2. The highest BCUT2D eigenvalue weighted by atomic mass is 16.6. The van der Waals surface area contributed by atoms with Gasteiger partial charge in [-0.1, -0.05) is 91.9 Å². The van der Waals surface area contributed by atoms with Crippen molar-refractivity contribution >= 4 is 11.9 Å². The molecule has 0 aliphatic rings. The van der Waals surface area contributed by atoms with Gasteiger partial charge in [-0.15, -0.1) is 0 Å². The van der Waals surface area contributed by atoms with Crippen LogP contribution in [0.3, 0.4) is 0 Å². The minimum Gasteiger partial charge on any atom is -0.465 e. The first-order valence-corrected chi connectivity index (χ1v) is 12.4. The first kappa shape index (κ1) is 27.9. The van der Waals surface area contributed by atoms with Crippen LogP contribution in [0, 0.1) is 11.8 Å². The Kier molecular flexibility index (Phi) is 19.5. The van der Waals surface area contributed by atoms with Crippen molar-refractivity contribution in [1.29, 1.82) is 0 Å². The maximum atomic E-state index is 12.1. The van der Waals surface area contributed by atoms with Gasteiger partial charge in [0.1, 0.15) is 6.42 Å². The van der Waals surface area contributed by atoms with Gasteiger partial charge in [0.2, 0.25) is 0 Å². The summed E-state index contributed by atoms with van der Waals surface area (Å²) in [5.41, 5.74) is 0. The summed E-state index contributed by atoms with van der Waals surface area (Å²) in [5, 5.41) is 0. The predicted octanol–water partition coefficient (Wildman–Crippen LogP) is 7.24. The molecule has 0 saturated carbocycles. The van der Waals surface area contributed by atoms with E-state index >= 15 is 0 Å². The van der Waals surface area contributed by atoms with E-state index in [1.807, 2.05) is 0 Å². The molecule has 29 heavy (non-hydrogen) atoms. The quantitative estimate of drug-likeness (QED) is 0.120. The Labute approximate surface area is 180 Å². The summed E-state index contributed by atoms with van der Waals surface area (Å²) in [7, 11) is 0. The molecule has 172 valence electrons. The lowest BCUT2D eigenvalue weighted by molar-refractivity contribution is -0.156. The summed E-state index contributed by atoms with van der Waals surface area (Å²) in [5.74, 6) is -0.0527. The fraction of sp³-hybridized carbons (Fsp3) is 0.920. The van der Waals surface area contributed by atoms with Gasteiger partial charge in [0.15, 0.2) is 0 Å². The second kappa shape index (κ2) is 20.2. The van der Waals surface area contributed by atoms with E-state index in [1.165, 1.54) is 38.5 Å².